The third kappa shape index (κ3) is 4.13. The molecular formula is C19H23B. The fourth-order valence-electron chi connectivity index (χ4n) is 2.56. The first-order chi connectivity index (χ1) is 9.81. The van der Waals surface area contributed by atoms with Crippen molar-refractivity contribution in [2.45, 2.75) is 33.0 Å². The Labute approximate surface area is 123 Å². The van der Waals surface area contributed by atoms with E-state index in [0.29, 0.717) is 6.71 Å². The Balaban J connectivity index is 2.20. The SMILES string of the molecule is CCC=CCCB(c1ccccc1)c1ccc(C)cc1. The van der Waals surface area contributed by atoms with Crippen LogP contribution in [0, 0.1) is 6.92 Å². The molecule has 0 aliphatic heterocycles. The Hall–Kier alpha value is -1.76. The van der Waals surface area contributed by atoms with Crippen LogP contribution in [-0.2, 0) is 0 Å². The maximum absolute atomic E-state index is 2.31. The van der Waals surface area contributed by atoms with Crippen LogP contribution in [0.2, 0.25) is 6.32 Å². The van der Waals surface area contributed by atoms with Crippen LogP contribution in [0.4, 0.5) is 0 Å². The molecule has 0 saturated carbocycles. The summed E-state index contributed by atoms with van der Waals surface area (Å²) in [6.07, 6.45) is 8.01. The molecule has 0 N–H and O–H groups in total. The topological polar surface area (TPSA) is 0 Å². The zero-order valence-corrected chi connectivity index (χ0v) is 12.5. The summed E-state index contributed by atoms with van der Waals surface area (Å²) < 4.78 is 0. The molecule has 0 unspecified atom stereocenters. The van der Waals surface area contributed by atoms with Crippen molar-refractivity contribution >= 4 is 17.6 Å². The van der Waals surface area contributed by atoms with Crippen molar-refractivity contribution in [1.82, 2.24) is 0 Å². The summed E-state index contributed by atoms with van der Waals surface area (Å²) in [6, 6.07) is 19.8. The molecule has 0 fully saturated rings. The van der Waals surface area contributed by atoms with Gasteiger partial charge in [-0.2, -0.15) is 0 Å². The van der Waals surface area contributed by atoms with Gasteiger partial charge in [0.15, 0.2) is 0 Å². The van der Waals surface area contributed by atoms with E-state index in [1.807, 2.05) is 0 Å². The third-order valence-corrected chi connectivity index (χ3v) is 3.71. The van der Waals surface area contributed by atoms with Crippen LogP contribution in [-0.4, -0.2) is 6.71 Å². The molecule has 20 heavy (non-hydrogen) atoms. The van der Waals surface area contributed by atoms with Gasteiger partial charge in [-0.1, -0.05) is 96.5 Å². The zero-order valence-electron chi connectivity index (χ0n) is 12.5. The van der Waals surface area contributed by atoms with E-state index in [2.05, 4.69) is 80.6 Å². The second-order valence-corrected chi connectivity index (χ2v) is 5.33. The molecular weight excluding hydrogens is 239 g/mol. The predicted octanol–water partition coefficient (Wildman–Crippen LogP) is 3.96. The minimum atomic E-state index is 0.498. The Morgan fingerprint density at radius 2 is 1.50 bits per heavy atom. The summed E-state index contributed by atoms with van der Waals surface area (Å²) in [5.41, 5.74) is 4.17. The van der Waals surface area contributed by atoms with E-state index in [0.717, 1.165) is 12.8 Å². The fourth-order valence-corrected chi connectivity index (χ4v) is 2.56. The number of benzene rings is 2. The lowest BCUT2D eigenvalue weighted by atomic mass is 9.38. The van der Waals surface area contributed by atoms with Crippen molar-refractivity contribution in [3.8, 4) is 0 Å². The Morgan fingerprint density at radius 3 is 2.15 bits per heavy atom. The van der Waals surface area contributed by atoms with Crippen molar-refractivity contribution in [3.63, 3.8) is 0 Å². The van der Waals surface area contributed by atoms with Gasteiger partial charge in [0.25, 0.3) is 0 Å². The average Bonchev–Trinajstić information content (AvgIpc) is 2.50. The van der Waals surface area contributed by atoms with Gasteiger partial charge in [-0.25, -0.2) is 0 Å². The second kappa shape index (κ2) is 7.74. The first kappa shape index (κ1) is 14.6. The Bertz CT molecular complexity index is 525. The largest absolute Gasteiger partial charge is 0.209 e. The Kier molecular flexibility index (Phi) is 5.67. The molecule has 0 nitrogen and oxygen atoms in total. The minimum Gasteiger partial charge on any atom is -0.0892 e. The first-order valence-corrected chi connectivity index (χ1v) is 7.57. The standard InChI is InChI=1S/C19H23B/c1-3-4-5-9-16-20(18-10-7-6-8-11-18)19-14-12-17(2)13-15-19/h4-8,10-15H,3,9,16H2,1-2H3. The van der Waals surface area contributed by atoms with Gasteiger partial charge in [0.05, 0.1) is 0 Å². The number of hydrogen-bond acceptors (Lipinski definition) is 0. The molecule has 0 aliphatic carbocycles. The Morgan fingerprint density at radius 1 is 0.850 bits per heavy atom. The zero-order chi connectivity index (χ0) is 14.2. The molecule has 0 aliphatic rings. The highest BCUT2D eigenvalue weighted by molar-refractivity contribution is 6.85. The molecule has 0 saturated heterocycles. The minimum absolute atomic E-state index is 0.498. The number of aryl methyl sites for hydroxylation is 1. The van der Waals surface area contributed by atoms with E-state index in [1.165, 1.54) is 22.8 Å². The second-order valence-electron chi connectivity index (χ2n) is 5.33. The first-order valence-electron chi connectivity index (χ1n) is 7.57. The van der Waals surface area contributed by atoms with E-state index in [-0.39, 0.29) is 0 Å². The van der Waals surface area contributed by atoms with E-state index in [4.69, 9.17) is 0 Å². The van der Waals surface area contributed by atoms with Crippen molar-refractivity contribution in [2.75, 3.05) is 0 Å². The van der Waals surface area contributed by atoms with Crippen LogP contribution >= 0.6 is 0 Å². The summed E-state index contributed by atoms with van der Waals surface area (Å²) in [7, 11) is 0. The highest BCUT2D eigenvalue weighted by Gasteiger charge is 2.17. The molecule has 2 rings (SSSR count). The van der Waals surface area contributed by atoms with Crippen molar-refractivity contribution in [2.24, 2.45) is 0 Å². The molecule has 0 bridgehead atoms. The van der Waals surface area contributed by atoms with E-state index in [9.17, 15) is 0 Å². The summed E-state index contributed by atoms with van der Waals surface area (Å²) in [5, 5.41) is 0. The van der Waals surface area contributed by atoms with Crippen LogP contribution in [0.1, 0.15) is 25.3 Å². The smallest absolute Gasteiger partial charge is 0.0892 e. The van der Waals surface area contributed by atoms with Gasteiger partial charge in [-0.3, -0.25) is 0 Å². The number of rotatable bonds is 6. The van der Waals surface area contributed by atoms with E-state index >= 15 is 0 Å². The van der Waals surface area contributed by atoms with Crippen LogP contribution in [0.25, 0.3) is 0 Å². The average molecular weight is 262 g/mol. The fraction of sp³-hybridized carbons (Fsp3) is 0.263. The van der Waals surface area contributed by atoms with Gasteiger partial charge < -0.3 is 0 Å². The molecule has 0 heterocycles. The molecule has 0 radical (unpaired) electrons. The van der Waals surface area contributed by atoms with Crippen LogP contribution in [0.3, 0.4) is 0 Å². The van der Waals surface area contributed by atoms with E-state index in [1.54, 1.807) is 0 Å². The molecule has 2 aromatic carbocycles. The molecule has 102 valence electrons. The van der Waals surface area contributed by atoms with Crippen molar-refractivity contribution < 1.29 is 0 Å². The maximum atomic E-state index is 2.31. The molecule has 0 aromatic heterocycles. The molecule has 0 amide bonds. The van der Waals surface area contributed by atoms with Crippen LogP contribution < -0.4 is 10.9 Å². The normalized spacial score (nSPS) is 10.9. The summed E-state index contributed by atoms with van der Waals surface area (Å²) in [4.78, 5) is 0. The number of allylic oxidation sites excluding steroid dienone is 2. The summed E-state index contributed by atoms with van der Waals surface area (Å²) in [6.45, 7) is 4.83. The van der Waals surface area contributed by atoms with E-state index < -0.39 is 0 Å². The van der Waals surface area contributed by atoms with Gasteiger partial charge >= 0.3 is 0 Å². The molecule has 0 atom stereocenters. The lowest BCUT2D eigenvalue weighted by molar-refractivity contribution is 1.14. The van der Waals surface area contributed by atoms with Gasteiger partial charge in [-0.05, 0) is 19.8 Å². The lowest BCUT2D eigenvalue weighted by Gasteiger charge is -2.14. The summed E-state index contributed by atoms with van der Waals surface area (Å²) >= 11 is 0. The highest BCUT2D eigenvalue weighted by Crippen LogP contribution is 2.04. The van der Waals surface area contributed by atoms with Gasteiger partial charge in [0.2, 0.25) is 6.71 Å². The van der Waals surface area contributed by atoms with Crippen LogP contribution in [0.15, 0.2) is 66.7 Å². The summed E-state index contributed by atoms with van der Waals surface area (Å²) in [5.74, 6) is 0. The monoisotopic (exact) mass is 262 g/mol. The van der Waals surface area contributed by atoms with Crippen LogP contribution in [0.5, 0.6) is 0 Å². The van der Waals surface area contributed by atoms with Crippen molar-refractivity contribution in [3.05, 3.63) is 72.3 Å². The number of hydrogen-bond donors (Lipinski definition) is 0. The predicted molar refractivity (Wildman–Crippen MR) is 91.5 cm³/mol. The van der Waals surface area contributed by atoms with Gasteiger partial charge in [0, 0.05) is 0 Å². The molecule has 1 heteroatoms. The lowest BCUT2D eigenvalue weighted by Crippen LogP contribution is -2.41. The maximum Gasteiger partial charge on any atom is 0.209 e. The van der Waals surface area contributed by atoms with Crippen molar-refractivity contribution in [1.29, 1.82) is 0 Å². The van der Waals surface area contributed by atoms with Gasteiger partial charge in [0.1, 0.15) is 0 Å². The quantitative estimate of drug-likeness (QED) is 0.546. The molecule has 0 spiro atoms. The molecule has 2 aromatic rings. The highest BCUT2D eigenvalue weighted by atomic mass is 13.9. The van der Waals surface area contributed by atoms with Gasteiger partial charge in [-0.15, -0.1) is 0 Å². The third-order valence-electron chi connectivity index (χ3n) is 3.71.